The van der Waals surface area contributed by atoms with Gasteiger partial charge in [-0.2, -0.15) is 0 Å². The number of anilines is 1. The van der Waals surface area contributed by atoms with Crippen molar-refractivity contribution in [2.45, 2.75) is 33.2 Å². The molecule has 1 saturated heterocycles. The van der Waals surface area contributed by atoms with Crippen molar-refractivity contribution in [1.29, 1.82) is 0 Å². The molecule has 0 aliphatic carbocycles. The quantitative estimate of drug-likeness (QED) is 0.639. The summed E-state index contributed by atoms with van der Waals surface area (Å²) in [6.07, 6.45) is 0. The largest absolute Gasteiger partial charge is 0.423 e. The molecule has 0 saturated carbocycles. The van der Waals surface area contributed by atoms with Gasteiger partial charge in [-0.3, -0.25) is 9.69 Å². The fourth-order valence-corrected chi connectivity index (χ4v) is 4.39. The normalized spacial score (nSPS) is 15.0. The van der Waals surface area contributed by atoms with Gasteiger partial charge >= 0.3 is 5.63 Å². The monoisotopic (exact) mass is 419 g/mol. The zero-order valence-electron chi connectivity index (χ0n) is 18.4. The van der Waals surface area contributed by atoms with Gasteiger partial charge in [-0.15, -0.1) is 0 Å². The number of carbonyl (C=O) groups excluding carboxylic acids is 1. The number of hydrogen-bond acceptors (Lipinski definition) is 5. The minimum Gasteiger partial charge on any atom is -0.423 e. The minimum atomic E-state index is -0.410. The van der Waals surface area contributed by atoms with Crippen molar-refractivity contribution >= 4 is 22.6 Å². The molecule has 0 bridgehead atoms. The summed E-state index contributed by atoms with van der Waals surface area (Å²) in [5.74, 6) is 0.000396. The first-order chi connectivity index (χ1) is 14.8. The number of hydrogen-bond donors (Lipinski definition) is 1. The number of primary amides is 1. The summed E-state index contributed by atoms with van der Waals surface area (Å²) in [5.41, 5.74) is 10.8. The lowest BCUT2D eigenvalue weighted by Gasteiger charge is -2.36. The summed E-state index contributed by atoms with van der Waals surface area (Å²) in [5, 5.41) is 1.03. The lowest BCUT2D eigenvalue weighted by atomic mass is 9.95. The van der Waals surface area contributed by atoms with E-state index >= 15 is 0 Å². The van der Waals surface area contributed by atoms with E-state index in [4.69, 9.17) is 10.2 Å². The molecule has 0 spiro atoms. The first-order valence-corrected chi connectivity index (χ1v) is 10.8. The van der Waals surface area contributed by atoms with Gasteiger partial charge in [-0.1, -0.05) is 13.8 Å². The van der Waals surface area contributed by atoms with Crippen LogP contribution in [0.1, 0.15) is 46.8 Å². The molecular formula is C25H29N3O3. The molecule has 2 N–H and O–H groups in total. The van der Waals surface area contributed by atoms with Crippen molar-refractivity contribution in [3.8, 4) is 0 Å². The van der Waals surface area contributed by atoms with E-state index in [-0.39, 0.29) is 5.63 Å². The molecule has 0 radical (unpaired) electrons. The van der Waals surface area contributed by atoms with Gasteiger partial charge in [0.2, 0.25) is 5.91 Å². The van der Waals surface area contributed by atoms with Crippen molar-refractivity contribution in [1.82, 2.24) is 4.90 Å². The van der Waals surface area contributed by atoms with Gasteiger partial charge in [0, 0.05) is 55.4 Å². The first kappa shape index (κ1) is 21.1. The number of rotatable bonds is 5. The third kappa shape index (κ3) is 4.49. The highest BCUT2D eigenvalue weighted by molar-refractivity contribution is 5.93. The Morgan fingerprint density at radius 2 is 1.74 bits per heavy atom. The summed E-state index contributed by atoms with van der Waals surface area (Å²) in [6.45, 7) is 10.7. The molecule has 6 heteroatoms. The third-order valence-electron chi connectivity index (χ3n) is 6.12. The van der Waals surface area contributed by atoms with E-state index in [0.29, 0.717) is 17.1 Å². The van der Waals surface area contributed by atoms with Gasteiger partial charge in [0.25, 0.3) is 0 Å². The van der Waals surface area contributed by atoms with Crippen molar-refractivity contribution in [3.63, 3.8) is 0 Å². The lowest BCUT2D eigenvalue weighted by Crippen LogP contribution is -2.46. The van der Waals surface area contributed by atoms with Gasteiger partial charge in [0.15, 0.2) is 0 Å². The second kappa shape index (κ2) is 8.55. The Hall–Kier alpha value is -3.12. The fraction of sp³-hybridized carbons (Fsp3) is 0.360. The molecule has 1 fully saturated rings. The van der Waals surface area contributed by atoms with Crippen molar-refractivity contribution in [3.05, 3.63) is 75.1 Å². The van der Waals surface area contributed by atoms with Gasteiger partial charge in [-0.05, 0) is 65.9 Å². The average molecular weight is 420 g/mol. The summed E-state index contributed by atoms with van der Waals surface area (Å²) in [7, 11) is 0. The van der Waals surface area contributed by atoms with Gasteiger partial charge in [0.05, 0.1) is 0 Å². The molecular weight excluding hydrogens is 390 g/mol. The van der Waals surface area contributed by atoms with E-state index in [9.17, 15) is 9.59 Å². The van der Waals surface area contributed by atoms with Crippen LogP contribution in [0.4, 0.5) is 5.69 Å². The van der Waals surface area contributed by atoms with Crippen LogP contribution in [0.25, 0.3) is 11.0 Å². The predicted molar refractivity (Wildman–Crippen MR) is 124 cm³/mol. The molecule has 162 valence electrons. The van der Waals surface area contributed by atoms with Crippen LogP contribution in [-0.4, -0.2) is 37.0 Å². The molecule has 31 heavy (non-hydrogen) atoms. The van der Waals surface area contributed by atoms with Crippen LogP contribution < -0.4 is 16.3 Å². The number of aryl methyl sites for hydroxylation is 1. The van der Waals surface area contributed by atoms with Crippen LogP contribution in [0.3, 0.4) is 0 Å². The third-order valence-corrected chi connectivity index (χ3v) is 6.12. The molecule has 0 unspecified atom stereocenters. The topological polar surface area (TPSA) is 79.8 Å². The summed E-state index contributed by atoms with van der Waals surface area (Å²) in [4.78, 5) is 28.1. The second-order valence-corrected chi connectivity index (χ2v) is 8.62. The maximum Gasteiger partial charge on any atom is 0.336 e. The molecule has 2 heterocycles. The van der Waals surface area contributed by atoms with Gasteiger partial charge in [0.1, 0.15) is 5.58 Å². The molecule has 1 aliphatic heterocycles. The number of fused-ring (bicyclic) bond motifs is 1. The Labute approximate surface area is 182 Å². The second-order valence-electron chi connectivity index (χ2n) is 8.62. The van der Waals surface area contributed by atoms with Crippen LogP contribution >= 0.6 is 0 Å². The summed E-state index contributed by atoms with van der Waals surface area (Å²) >= 11 is 0. The minimum absolute atomic E-state index is 0.299. The SMILES string of the molecule is Cc1cc2oc(=O)cc(CN3CCN(c4ccc(C(N)=O)cc4)CC3)c2cc1C(C)C. The number of benzene rings is 2. The molecule has 4 rings (SSSR count). The number of carbonyl (C=O) groups is 1. The Bertz CT molecular complexity index is 1160. The number of piperazine rings is 1. The Morgan fingerprint density at radius 3 is 2.35 bits per heavy atom. The van der Waals surface area contributed by atoms with E-state index < -0.39 is 5.91 Å². The number of amides is 1. The smallest absolute Gasteiger partial charge is 0.336 e. The highest BCUT2D eigenvalue weighted by Crippen LogP contribution is 2.28. The molecule has 1 aromatic heterocycles. The van der Waals surface area contributed by atoms with Crippen LogP contribution in [-0.2, 0) is 6.54 Å². The first-order valence-electron chi connectivity index (χ1n) is 10.8. The summed E-state index contributed by atoms with van der Waals surface area (Å²) in [6, 6.07) is 13.2. The van der Waals surface area contributed by atoms with E-state index in [0.717, 1.165) is 54.9 Å². The molecule has 0 atom stereocenters. The highest BCUT2D eigenvalue weighted by atomic mass is 16.4. The van der Waals surface area contributed by atoms with E-state index in [1.165, 1.54) is 5.56 Å². The molecule has 2 aromatic carbocycles. The number of nitrogens with zero attached hydrogens (tertiary/aromatic N) is 2. The van der Waals surface area contributed by atoms with E-state index in [1.54, 1.807) is 18.2 Å². The van der Waals surface area contributed by atoms with Crippen LogP contribution in [0.5, 0.6) is 0 Å². The Balaban J connectivity index is 1.51. The highest BCUT2D eigenvalue weighted by Gasteiger charge is 2.19. The number of nitrogens with two attached hydrogens (primary N) is 1. The standard InChI is InChI=1S/C25H29N3O3/c1-16(2)21-14-22-19(13-24(29)31-23(22)12-17(21)3)15-27-8-10-28(11-9-27)20-6-4-18(5-7-20)25(26)30/h4-7,12-14,16H,8-11,15H2,1-3H3,(H2,26,30). The van der Waals surface area contributed by atoms with Gasteiger partial charge < -0.3 is 15.1 Å². The summed E-state index contributed by atoms with van der Waals surface area (Å²) < 4.78 is 5.49. The maximum absolute atomic E-state index is 12.2. The fourth-order valence-electron chi connectivity index (χ4n) is 4.39. The molecule has 1 aliphatic rings. The van der Waals surface area contributed by atoms with Crippen LogP contribution in [0.15, 0.2) is 51.7 Å². The Morgan fingerprint density at radius 1 is 1.06 bits per heavy atom. The van der Waals surface area contributed by atoms with Gasteiger partial charge in [-0.25, -0.2) is 4.79 Å². The van der Waals surface area contributed by atoms with Crippen molar-refractivity contribution in [2.24, 2.45) is 5.73 Å². The maximum atomic E-state index is 12.2. The molecule has 3 aromatic rings. The van der Waals surface area contributed by atoms with Crippen molar-refractivity contribution < 1.29 is 9.21 Å². The van der Waals surface area contributed by atoms with Crippen LogP contribution in [0, 0.1) is 6.92 Å². The zero-order valence-corrected chi connectivity index (χ0v) is 18.4. The van der Waals surface area contributed by atoms with Crippen molar-refractivity contribution in [2.75, 3.05) is 31.1 Å². The Kier molecular flexibility index (Phi) is 5.83. The predicted octanol–water partition coefficient (Wildman–Crippen LogP) is 3.65. The lowest BCUT2D eigenvalue weighted by molar-refractivity contribution is 0.100. The average Bonchev–Trinajstić information content (AvgIpc) is 2.73. The van der Waals surface area contributed by atoms with Crippen LogP contribution in [0.2, 0.25) is 0 Å². The zero-order chi connectivity index (χ0) is 22.1. The van der Waals surface area contributed by atoms with E-state index in [2.05, 4.69) is 36.6 Å². The molecule has 6 nitrogen and oxygen atoms in total. The van der Waals surface area contributed by atoms with E-state index in [1.807, 2.05) is 18.2 Å². The molecule has 1 amide bonds.